The van der Waals surface area contributed by atoms with Crippen LogP contribution in [0.25, 0.3) is 6.08 Å². The minimum Gasteiger partial charge on any atom is -0.456 e. The van der Waals surface area contributed by atoms with Crippen molar-refractivity contribution in [2.75, 3.05) is 13.7 Å². The lowest BCUT2D eigenvalue weighted by Gasteiger charge is -2.30. The van der Waals surface area contributed by atoms with Crippen LogP contribution in [0, 0.1) is 10.1 Å². The fraction of sp³-hybridized carbons (Fsp3) is 0.500. The third-order valence-corrected chi connectivity index (χ3v) is 3.76. The predicted molar refractivity (Wildman–Crippen MR) is 91.8 cm³/mol. The summed E-state index contributed by atoms with van der Waals surface area (Å²) in [6.07, 6.45) is 2.89. The van der Waals surface area contributed by atoms with Crippen LogP contribution in [0.15, 0.2) is 29.8 Å². The molecule has 7 heteroatoms. The van der Waals surface area contributed by atoms with E-state index in [0.29, 0.717) is 18.6 Å². The highest BCUT2D eigenvalue weighted by atomic mass is 16.7. The monoisotopic (exact) mass is 349 g/mol. The van der Waals surface area contributed by atoms with Crippen LogP contribution in [0.2, 0.25) is 0 Å². The number of nitrogens with zero attached hydrogens (tertiary/aromatic N) is 1. The van der Waals surface area contributed by atoms with Crippen LogP contribution in [-0.4, -0.2) is 36.0 Å². The van der Waals surface area contributed by atoms with Crippen LogP contribution in [0.3, 0.4) is 0 Å². The summed E-state index contributed by atoms with van der Waals surface area (Å²) in [5.41, 5.74) is 0.184. The number of ether oxygens (including phenoxy) is 3. The molecule has 1 aromatic rings. The molecule has 0 radical (unpaired) electrons. The first kappa shape index (κ1) is 19.1. The van der Waals surface area contributed by atoms with Gasteiger partial charge in [0.25, 0.3) is 5.69 Å². The highest BCUT2D eigenvalue weighted by Crippen LogP contribution is 2.36. The van der Waals surface area contributed by atoms with Gasteiger partial charge < -0.3 is 14.2 Å². The molecule has 0 saturated carbocycles. The van der Waals surface area contributed by atoms with E-state index < -0.39 is 22.3 Å². The number of non-ortho nitro benzene ring substituents is 1. The van der Waals surface area contributed by atoms with Crippen molar-refractivity contribution < 1.29 is 23.9 Å². The average molecular weight is 349 g/mol. The summed E-state index contributed by atoms with van der Waals surface area (Å²) in [7, 11) is 1.49. The summed E-state index contributed by atoms with van der Waals surface area (Å²) in [5, 5.41) is 10.8. The summed E-state index contributed by atoms with van der Waals surface area (Å²) in [5.74, 6) is -1.70. The van der Waals surface area contributed by atoms with Crippen molar-refractivity contribution in [2.45, 2.75) is 45.0 Å². The fourth-order valence-electron chi connectivity index (χ4n) is 2.61. The molecule has 0 bridgehead atoms. The molecule has 1 aliphatic rings. The molecule has 1 unspecified atom stereocenters. The normalized spacial score (nSPS) is 21.2. The van der Waals surface area contributed by atoms with E-state index in [1.165, 1.54) is 19.2 Å². The Hall–Kier alpha value is -2.25. The number of nitro groups is 1. The zero-order valence-corrected chi connectivity index (χ0v) is 14.9. The van der Waals surface area contributed by atoms with E-state index in [2.05, 4.69) is 0 Å². The van der Waals surface area contributed by atoms with Gasteiger partial charge in [0.1, 0.15) is 5.60 Å². The van der Waals surface area contributed by atoms with E-state index in [0.717, 1.165) is 6.42 Å². The van der Waals surface area contributed by atoms with Crippen molar-refractivity contribution in [1.29, 1.82) is 0 Å². The van der Waals surface area contributed by atoms with Crippen LogP contribution in [-0.2, 0) is 19.0 Å². The van der Waals surface area contributed by atoms with Gasteiger partial charge in [0.05, 0.1) is 17.1 Å². The molecule has 1 aromatic carbocycles. The van der Waals surface area contributed by atoms with E-state index in [4.69, 9.17) is 14.2 Å². The molecule has 136 valence electrons. The Balaban J connectivity index is 2.43. The largest absolute Gasteiger partial charge is 0.456 e. The number of methoxy groups -OCH3 is 1. The van der Waals surface area contributed by atoms with Gasteiger partial charge >= 0.3 is 5.97 Å². The van der Waals surface area contributed by atoms with E-state index in [1.807, 2.05) is 0 Å². The van der Waals surface area contributed by atoms with E-state index in [9.17, 15) is 14.9 Å². The van der Waals surface area contributed by atoms with Crippen molar-refractivity contribution in [3.63, 3.8) is 0 Å². The van der Waals surface area contributed by atoms with Gasteiger partial charge in [-0.05, 0) is 51.0 Å². The molecular weight excluding hydrogens is 326 g/mol. The molecule has 0 spiro atoms. The van der Waals surface area contributed by atoms with Crippen molar-refractivity contribution in [1.82, 2.24) is 0 Å². The van der Waals surface area contributed by atoms with Crippen molar-refractivity contribution in [2.24, 2.45) is 0 Å². The molecular formula is C18H23NO6. The fourth-order valence-corrected chi connectivity index (χ4v) is 2.61. The van der Waals surface area contributed by atoms with Crippen LogP contribution < -0.4 is 0 Å². The van der Waals surface area contributed by atoms with Gasteiger partial charge in [-0.3, -0.25) is 10.1 Å². The summed E-state index contributed by atoms with van der Waals surface area (Å²) in [6.45, 7) is 5.82. The van der Waals surface area contributed by atoms with Gasteiger partial charge in [0.15, 0.2) is 0 Å². The molecule has 0 amide bonds. The van der Waals surface area contributed by atoms with Gasteiger partial charge in [-0.25, -0.2) is 4.79 Å². The Bertz CT molecular complexity index is 666. The molecule has 1 fully saturated rings. The molecule has 1 saturated heterocycles. The van der Waals surface area contributed by atoms with Crippen molar-refractivity contribution in [3.8, 4) is 0 Å². The van der Waals surface area contributed by atoms with Gasteiger partial charge in [-0.15, -0.1) is 0 Å². The minimum absolute atomic E-state index is 0.0189. The van der Waals surface area contributed by atoms with Crippen LogP contribution in [0.5, 0.6) is 0 Å². The Labute approximate surface area is 146 Å². The summed E-state index contributed by atoms with van der Waals surface area (Å²) >= 11 is 0. The van der Waals surface area contributed by atoms with Crippen LogP contribution in [0.1, 0.15) is 39.2 Å². The van der Waals surface area contributed by atoms with Crippen LogP contribution in [0.4, 0.5) is 5.69 Å². The molecule has 1 aliphatic heterocycles. The number of esters is 1. The second-order valence-corrected chi connectivity index (χ2v) is 6.82. The number of carbonyl (C=O) groups excluding carboxylic acids is 1. The first-order valence-corrected chi connectivity index (χ1v) is 8.06. The number of benzene rings is 1. The van der Waals surface area contributed by atoms with Crippen LogP contribution >= 0.6 is 0 Å². The molecule has 2 rings (SSSR count). The van der Waals surface area contributed by atoms with Gasteiger partial charge in [0.2, 0.25) is 5.79 Å². The molecule has 7 nitrogen and oxygen atoms in total. The average Bonchev–Trinajstić information content (AvgIpc) is 3.01. The standard InChI is InChI=1S/C18H23NO6/c1-17(2,3)25-16(20)15(18(23-4)10-5-11-24-18)12-13-6-8-14(9-7-13)19(21)22/h6-9,12H,5,10-11H2,1-4H3/b15-12+. The first-order valence-electron chi connectivity index (χ1n) is 8.06. The second-order valence-electron chi connectivity index (χ2n) is 6.82. The minimum atomic E-state index is -1.16. The third kappa shape index (κ3) is 4.64. The molecule has 0 N–H and O–H groups in total. The summed E-state index contributed by atoms with van der Waals surface area (Å²) in [6, 6.07) is 5.91. The molecule has 1 atom stereocenters. The number of rotatable bonds is 5. The molecule has 0 aliphatic carbocycles. The maximum atomic E-state index is 12.7. The Kier molecular flexibility index (Phi) is 5.59. The predicted octanol–water partition coefficient (Wildman–Crippen LogP) is 3.47. The highest BCUT2D eigenvalue weighted by molar-refractivity contribution is 5.96. The smallest absolute Gasteiger partial charge is 0.340 e. The lowest BCUT2D eigenvalue weighted by atomic mass is 9.99. The maximum Gasteiger partial charge on any atom is 0.340 e. The lowest BCUT2D eigenvalue weighted by Crippen LogP contribution is -2.39. The van der Waals surface area contributed by atoms with E-state index in [-0.39, 0.29) is 11.3 Å². The van der Waals surface area contributed by atoms with Gasteiger partial charge in [0, 0.05) is 25.7 Å². The number of hydrogen-bond acceptors (Lipinski definition) is 6. The molecule has 25 heavy (non-hydrogen) atoms. The Morgan fingerprint density at radius 1 is 1.32 bits per heavy atom. The number of nitro benzene ring substituents is 1. The second kappa shape index (κ2) is 7.33. The summed E-state index contributed by atoms with van der Waals surface area (Å²) < 4.78 is 16.8. The number of hydrogen-bond donors (Lipinski definition) is 0. The van der Waals surface area contributed by atoms with Crippen molar-refractivity contribution in [3.05, 3.63) is 45.5 Å². The molecule has 0 aromatic heterocycles. The van der Waals surface area contributed by atoms with E-state index >= 15 is 0 Å². The topological polar surface area (TPSA) is 87.9 Å². The highest BCUT2D eigenvalue weighted by Gasteiger charge is 2.44. The van der Waals surface area contributed by atoms with Crippen molar-refractivity contribution >= 4 is 17.7 Å². The van der Waals surface area contributed by atoms with E-state index in [1.54, 1.807) is 39.0 Å². The number of carbonyl (C=O) groups is 1. The third-order valence-electron chi connectivity index (χ3n) is 3.76. The Morgan fingerprint density at radius 2 is 1.96 bits per heavy atom. The summed E-state index contributed by atoms with van der Waals surface area (Å²) in [4.78, 5) is 23.0. The maximum absolute atomic E-state index is 12.7. The van der Waals surface area contributed by atoms with Gasteiger partial charge in [-0.1, -0.05) is 0 Å². The quantitative estimate of drug-likeness (QED) is 0.350. The molecule has 1 heterocycles. The Morgan fingerprint density at radius 3 is 2.40 bits per heavy atom. The zero-order valence-electron chi connectivity index (χ0n) is 14.9. The van der Waals surface area contributed by atoms with Gasteiger partial charge in [-0.2, -0.15) is 0 Å². The SMILES string of the molecule is COC1(/C(=C/c2ccc([N+](=O)[O-])cc2)C(=O)OC(C)(C)C)CCCO1. The zero-order chi connectivity index (χ0) is 18.7. The first-order chi connectivity index (χ1) is 11.7. The lowest BCUT2D eigenvalue weighted by molar-refractivity contribution is -0.384.